The van der Waals surface area contributed by atoms with Crippen LogP contribution in [0.15, 0.2) is 60.7 Å². The fourth-order valence-corrected chi connectivity index (χ4v) is 8.99. The van der Waals surface area contributed by atoms with Gasteiger partial charge in [0, 0.05) is 24.8 Å². The van der Waals surface area contributed by atoms with Crippen molar-refractivity contribution in [3.8, 4) is 28.7 Å². The number of phenolic OH excluding ortho intramolecular Hbond substituents is 5. The van der Waals surface area contributed by atoms with Crippen LogP contribution in [0.3, 0.4) is 0 Å². The van der Waals surface area contributed by atoms with Crippen LogP contribution in [0.5, 0.6) is 28.7 Å². The molecular formula is C41H47NO6. The molecule has 252 valence electrons. The average molecular weight is 650 g/mol. The first kappa shape index (κ1) is 32.4. The molecule has 4 aromatic carbocycles. The number of hydrogen-bond acceptors (Lipinski definition) is 7. The van der Waals surface area contributed by atoms with Gasteiger partial charge in [-0.25, -0.2) is 0 Å². The second kappa shape index (κ2) is 13.4. The summed E-state index contributed by atoms with van der Waals surface area (Å²) in [6.45, 7) is 1.67. The van der Waals surface area contributed by atoms with Gasteiger partial charge in [-0.05, 0) is 103 Å². The Balaban J connectivity index is 1.05. The van der Waals surface area contributed by atoms with Gasteiger partial charge in [0.25, 0.3) is 0 Å². The van der Waals surface area contributed by atoms with Gasteiger partial charge in [-0.3, -0.25) is 0 Å². The van der Waals surface area contributed by atoms with E-state index in [9.17, 15) is 25.5 Å². The van der Waals surface area contributed by atoms with Gasteiger partial charge in [-0.2, -0.15) is 0 Å². The number of phenols is 5. The van der Waals surface area contributed by atoms with Crippen molar-refractivity contribution in [2.24, 2.45) is 5.41 Å². The van der Waals surface area contributed by atoms with Crippen LogP contribution in [0.1, 0.15) is 92.0 Å². The molecule has 0 bridgehead atoms. The molecule has 2 aliphatic carbocycles. The van der Waals surface area contributed by atoms with E-state index in [1.807, 2.05) is 0 Å². The van der Waals surface area contributed by atoms with Gasteiger partial charge in [0.05, 0.1) is 11.0 Å². The Morgan fingerprint density at radius 2 is 1.46 bits per heavy atom. The van der Waals surface area contributed by atoms with Gasteiger partial charge < -0.3 is 35.6 Å². The van der Waals surface area contributed by atoms with E-state index >= 15 is 0 Å². The van der Waals surface area contributed by atoms with Crippen LogP contribution in [-0.2, 0) is 24.1 Å². The number of aromatic hydroxyl groups is 5. The molecule has 6 N–H and O–H groups in total. The molecule has 7 rings (SSSR count). The summed E-state index contributed by atoms with van der Waals surface area (Å²) in [5, 5.41) is 57.0. The average Bonchev–Trinajstić information content (AvgIpc) is 3.58. The minimum Gasteiger partial charge on any atom is -0.507 e. The molecule has 1 saturated heterocycles. The molecule has 3 fully saturated rings. The predicted molar refractivity (Wildman–Crippen MR) is 189 cm³/mol. The molecular weight excluding hydrogens is 602 g/mol. The number of ether oxygens (including phenoxy) is 1. The fourth-order valence-electron chi connectivity index (χ4n) is 8.99. The molecule has 2 atom stereocenters. The Morgan fingerprint density at radius 1 is 0.729 bits per heavy atom. The Hall–Kier alpha value is -4.20. The monoisotopic (exact) mass is 649 g/mol. The van der Waals surface area contributed by atoms with Gasteiger partial charge in [-0.15, -0.1) is 0 Å². The van der Waals surface area contributed by atoms with Crippen molar-refractivity contribution in [2.45, 2.75) is 95.2 Å². The molecule has 48 heavy (non-hydrogen) atoms. The van der Waals surface area contributed by atoms with Crippen LogP contribution in [0.25, 0.3) is 22.9 Å². The summed E-state index contributed by atoms with van der Waals surface area (Å²) in [6, 6.07) is 18.6. The summed E-state index contributed by atoms with van der Waals surface area (Å²) in [4.78, 5) is 0. The van der Waals surface area contributed by atoms with Gasteiger partial charge in [0.1, 0.15) is 5.75 Å². The molecule has 7 nitrogen and oxygen atoms in total. The number of hydrogen-bond donors (Lipinski definition) is 6. The van der Waals surface area contributed by atoms with E-state index in [2.05, 4.69) is 29.6 Å². The molecule has 1 aliphatic heterocycles. The van der Waals surface area contributed by atoms with E-state index in [4.69, 9.17) is 4.74 Å². The highest BCUT2D eigenvalue weighted by molar-refractivity contribution is 6.03. The number of benzene rings is 4. The third kappa shape index (κ3) is 6.10. The normalized spacial score (nSPS) is 22.3. The molecule has 2 spiro atoms. The highest BCUT2D eigenvalue weighted by atomic mass is 16.5. The second-order valence-corrected chi connectivity index (χ2v) is 14.3. The number of rotatable bonds is 8. The summed E-state index contributed by atoms with van der Waals surface area (Å²) >= 11 is 0. The molecule has 7 heteroatoms. The topological polar surface area (TPSA) is 122 Å². The van der Waals surface area contributed by atoms with E-state index in [0.29, 0.717) is 46.4 Å². The third-order valence-electron chi connectivity index (χ3n) is 11.6. The molecule has 1 heterocycles. The van der Waals surface area contributed by atoms with Crippen LogP contribution in [0.4, 0.5) is 0 Å². The molecule has 2 saturated carbocycles. The molecule has 2 unspecified atom stereocenters. The maximum absolute atomic E-state index is 11.2. The molecule has 3 aliphatic rings. The standard InChI is InChI=1S/C41H47NO6/c43-34-17-14-28(24-36(34)45)13-15-31-32-6-5-7-35(44)37(32)39(47)38(46)33(31)16-12-27-8-10-29(11-9-27)26-42-30-18-23-48-41(25-30)22-4-3-21-40(41)19-1-2-20-40/h5-11,13-15,17,24,30,42-47H,1-4,12,16,18-23,25-26H2. The quantitative estimate of drug-likeness (QED) is 0.0836. The van der Waals surface area contributed by atoms with Crippen LogP contribution in [0, 0.1) is 5.41 Å². The zero-order valence-electron chi connectivity index (χ0n) is 27.5. The van der Waals surface area contributed by atoms with Crippen molar-refractivity contribution in [1.29, 1.82) is 0 Å². The van der Waals surface area contributed by atoms with Crippen LogP contribution >= 0.6 is 0 Å². The molecule has 0 amide bonds. The lowest BCUT2D eigenvalue weighted by Crippen LogP contribution is -2.57. The van der Waals surface area contributed by atoms with E-state index in [0.717, 1.165) is 31.6 Å². The smallest absolute Gasteiger partial charge is 0.169 e. The summed E-state index contributed by atoms with van der Waals surface area (Å²) < 4.78 is 6.70. The fraction of sp³-hybridized carbons (Fsp3) is 0.415. The van der Waals surface area contributed by atoms with E-state index < -0.39 is 0 Å². The lowest BCUT2D eigenvalue weighted by molar-refractivity contribution is -0.186. The SMILES string of the molecule is Oc1ccc(C=Cc2c(CCc3ccc(CNC4CCOC5(CCCCC56CCCC6)C4)cc3)c(O)c(O)c3c(O)cccc23)cc1O. The van der Waals surface area contributed by atoms with Crippen LogP contribution in [-0.4, -0.2) is 43.8 Å². The van der Waals surface area contributed by atoms with Crippen molar-refractivity contribution >= 4 is 22.9 Å². The van der Waals surface area contributed by atoms with E-state index in [-0.39, 0.29) is 39.7 Å². The largest absolute Gasteiger partial charge is 0.507 e. The first-order chi connectivity index (χ1) is 23.3. The summed E-state index contributed by atoms with van der Waals surface area (Å²) in [7, 11) is 0. The van der Waals surface area contributed by atoms with Gasteiger partial charge in [0.2, 0.25) is 0 Å². The van der Waals surface area contributed by atoms with Crippen LogP contribution < -0.4 is 5.32 Å². The zero-order chi connectivity index (χ0) is 33.3. The van der Waals surface area contributed by atoms with Crippen molar-refractivity contribution < 1.29 is 30.3 Å². The summed E-state index contributed by atoms with van der Waals surface area (Å²) in [6.07, 6.45) is 17.4. The Bertz CT molecular complexity index is 1800. The van der Waals surface area contributed by atoms with Crippen molar-refractivity contribution in [1.82, 2.24) is 5.32 Å². The summed E-state index contributed by atoms with van der Waals surface area (Å²) in [5.74, 6) is -1.17. The Kier molecular flexibility index (Phi) is 9.01. The molecule has 0 aromatic heterocycles. The van der Waals surface area contributed by atoms with Gasteiger partial charge in [0.15, 0.2) is 23.0 Å². The highest BCUT2D eigenvalue weighted by Crippen LogP contribution is 2.59. The maximum atomic E-state index is 11.2. The number of nitrogens with one attached hydrogen (secondary N) is 1. The minimum absolute atomic E-state index is 0.0584. The number of fused-ring (bicyclic) bond motifs is 2. The molecule has 0 radical (unpaired) electrons. The lowest BCUT2D eigenvalue weighted by atomic mass is 9.59. The molecule has 4 aromatic rings. The maximum Gasteiger partial charge on any atom is 0.169 e. The second-order valence-electron chi connectivity index (χ2n) is 14.3. The predicted octanol–water partition coefficient (Wildman–Crippen LogP) is 8.47. The van der Waals surface area contributed by atoms with E-state index in [1.165, 1.54) is 75.1 Å². The first-order valence-corrected chi connectivity index (χ1v) is 17.6. The first-order valence-electron chi connectivity index (χ1n) is 17.6. The van der Waals surface area contributed by atoms with Crippen molar-refractivity contribution in [2.75, 3.05) is 6.61 Å². The van der Waals surface area contributed by atoms with Gasteiger partial charge in [-0.1, -0.05) is 80.3 Å². The van der Waals surface area contributed by atoms with Gasteiger partial charge >= 0.3 is 0 Å². The Morgan fingerprint density at radius 3 is 2.21 bits per heavy atom. The van der Waals surface area contributed by atoms with E-state index in [1.54, 1.807) is 30.4 Å². The zero-order valence-corrected chi connectivity index (χ0v) is 27.5. The van der Waals surface area contributed by atoms with Crippen molar-refractivity contribution in [3.05, 3.63) is 88.5 Å². The third-order valence-corrected chi connectivity index (χ3v) is 11.6. The number of aryl methyl sites for hydroxylation is 1. The lowest BCUT2D eigenvalue weighted by Gasteiger charge is -2.55. The summed E-state index contributed by atoms with van der Waals surface area (Å²) in [5.41, 5.74) is 4.68. The minimum atomic E-state index is -0.346. The Labute approximate surface area is 282 Å². The highest BCUT2D eigenvalue weighted by Gasteiger charge is 2.56. The van der Waals surface area contributed by atoms with Crippen molar-refractivity contribution in [3.63, 3.8) is 0 Å². The van der Waals surface area contributed by atoms with Crippen LogP contribution in [0.2, 0.25) is 0 Å².